The van der Waals surface area contributed by atoms with Crippen LogP contribution in [0.4, 0.5) is 17.1 Å². The van der Waals surface area contributed by atoms with Crippen molar-refractivity contribution in [1.82, 2.24) is 0 Å². The fourth-order valence-corrected chi connectivity index (χ4v) is 6.11. The van der Waals surface area contributed by atoms with E-state index in [0.29, 0.717) is 5.92 Å². The van der Waals surface area contributed by atoms with E-state index in [0.717, 1.165) is 23.5 Å². The van der Waals surface area contributed by atoms with Crippen LogP contribution in [0, 0.1) is 5.92 Å². The van der Waals surface area contributed by atoms with Crippen LogP contribution < -0.4 is 4.90 Å². The number of hydrogen-bond acceptors (Lipinski definition) is 1. The van der Waals surface area contributed by atoms with Gasteiger partial charge in [0.05, 0.1) is 0 Å². The van der Waals surface area contributed by atoms with Crippen molar-refractivity contribution in [3.05, 3.63) is 182 Å². The van der Waals surface area contributed by atoms with Crippen molar-refractivity contribution in [2.24, 2.45) is 5.92 Å². The first kappa shape index (κ1) is 27.4. The highest BCUT2D eigenvalue weighted by Gasteiger charge is 2.17. The van der Waals surface area contributed by atoms with Gasteiger partial charge >= 0.3 is 0 Å². The van der Waals surface area contributed by atoms with Gasteiger partial charge in [-0.2, -0.15) is 0 Å². The van der Waals surface area contributed by atoms with Gasteiger partial charge in [0.2, 0.25) is 0 Å². The van der Waals surface area contributed by atoms with E-state index in [1.165, 1.54) is 44.5 Å². The highest BCUT2D eigenvalue weighted by Crippen LogP contribution is 2.41. The van der Waals surface area contributed by atoms with Crippen LogP contribution >= 0.6 is 0 Å². The zero-order valence-corrected chi connectivity index (χ0v) is 25.0. The average Bonchev–Trinajstić information content (AvgIpc) is 3.10. The molecule has 0 radical (unpaired) electrons. The van der Waals surface area contributed by atoms with Gasteiger partial charge in [-0.15, -0.1) is 0 Å². The molecule has 7 rings (SSSR count). The first-order valence-electron chi connectivity index (χ1n) is 15.4. The average molecular weight is 566 g/mol. The molecule has 44 heavy (non-hydrogen) atoms. The summed E-state index contributed by atoms with van der Waals surface area (Å²) in [4.78, 5) is 2.37. The first-order chi connectivity index (χ1) is 21.7. The lowest BCUT2D eigenvalue weighted by Crippen LogP contribution is -2.10. The largest absolute Gasteiger partial charge is 0.310 e. The highest BCUT2D eigenvalue weighted by molar-refractivity contribution is 5.89. The predicted octanol–water partition coefficient (Wildman–Crippen LogP) is 12.1. The van der Waals surface area contributed by atoms with Gasteiger partial charge in [0.15, 0.2) is 0 Å². The van der Waals surface area contributed by atoms with Crippen LogP contribution in [0.1, 0.15) is 18.9 Å². The molecule has 0 spiro atoms. The minimum atomic E-state index is 0.564. The Balaban J connectivity index is 1.35. The summed E-state index contributed by atoms with van der Waals surface area (Å²) in [6.45, 7) is 2.28. The number of nitrogens with zero attached hydrogens (tertiary/aromatic N) is 1. The fourth-order valence-electron chi connectivity index (χ4n) is 6.11. The topological polar surface area (TPSA) is 3.24 Å². The number of anilines is 3. The molecule has 212 valence electrons. The SMILES string of the molecule is CC1C=C(c2ccc(N(c3ccc(-c4ccccc4)cc3)c3ccc(-c4ccccc4)c(-c4ccccc4)c3)cc2)C=CC1. The second-order valence-corrected chi connectivity index (χ2v) is 11.5. The molecule has 0 fully saturated rings. The number of allylic oxidation sites excluding steroid dienone is 4. The second-order valence-electron chi connectivity index (χ2n) is 11.5. The molecule has 1 aliphatic carbocycles. The van der Waals surface area contributed by atoms with Gasteiger partial charge in [0.1, 0.15) is 0 Å². The summed E-state index contributed by atoms with van der Waals surface area (Å²) in [5.41, 5.74) is 13.2. The third-order valence-electron chi connectivity index (χ3n) is 8.39. The summed E-state index contributed by atoms with van der Waals surface area (Å²) >= 11 is 0. The number of hydrogen-bond donors (Lipinski definition) is 0. The van der Waals surface area contributed by atoms with E-state index < -0.39 is 0 Å². The van der Waals surface area contributed by atoms with Crippen LogP contribution in [-0.4, -0.2) is 0 Å². The lowest BCUT2D eigenvalue weighted by atomic mass is 9.93. The van der Waals surface area contributed by atoms with Crippen molar-refractivity contribution >= 4 is 22.6 Å². The van der Waals surface area contributed by atoms with Gasteiger partial charge in [-0.25, -0.2) is 0 Å². The Morgan fingerprint density at radius 2 is 0.932 bits per heavy atom. The Morgan fingerprint density at radius 1 is 0.455 bits per heavy atom. The molecular formula is C43H35N. The molecule has 1 aliphatic rings. The van der Waals surface area contributed by atoms with Gasteiger partial charge in [-0.1, -0.05) is 146 Å². The molecule has 6 aromatic carbocycles. The normalized spacial score (nSPS) is 14.2. The van der Waals surface area contributed by atoms with E-state index in [1.54, 1.807) is 0 Å². The summed E-state index contributed by atoms with van der Waals surface area (Å²) in [5.74, 6) is 0.564. The molecule has 0 heterocycles. The van der Waals surface area contributed by atoms with Crippen LogP contribution in [0.15, 0.2) is 176 Å². The minimum Gasteiger partial charge on any atom is -0.310 e. The molecule has 0 N–H and O–H groups in total. The van der Waals surface area contributed by atoms with Crippen LogP contribution in [-0.2, 0) is 0 Å². The quantitative estimate of drug-likeness (QED) is 0.186. The third kappa shape index (κ3) is 5.78. The van der Waals surface area contributed by atoms with Gasteiger partial charge in [-0.05, 0) is 93.3 Å². The second kappa shape index (κ2) is 12.5. The molecule has 0 aromatic heterocycles. The monoisotopic (exact) mass is 565 g/mol. The maximum atomic E-state index is 2.38. The Bertz CT molecular complexity index is 1900. The molecule has 0 aliphatic heterocycles. The van der Waals surface area contributed by atoms with Crippen molar-refractivity contribution in [2.45, 2.75) is 13.3 Å². The van der Waals surface area contributed by atoms with Crippen molar-refractivity contribution in [1.29, 1.82) is 0 Å². The Kier molecular flexibility index (Phi) is 7.76. The van der Waals surface area contributed by atoms with Crippen molar-refractivity contribution in [3.8, 4) is 33.4 Å². The number of rotatable bonds is 7. The van der Waals surface area contributed by atoms with Gasteiger partial charge in [0.25, 0.3) is 0 Å². The van der Waals surface area contributed by atoms with Crippen LogP contribution in [0.2, 0.25) is 0 Å². The minimum absolute atomic E-state index is 0.564. The van der Waals surface area contributed by atoms with E-state index in [2.05, 4.69) is 188 Å². The van der Waals surface area contributed by atoms with E-state index in [-0.39, 0.29) is 0 Å². The summed E-state index contributed by atoms with van der Waals surface area (Å²) in [6.07, 6.45) is 8.03. The van der Waals surface area contributed by atoms with Crippen LogP contribution in [0.3, 0.4) is 0 Å². The Morgan fingerprint density at radius 3 is 1.50 bits per heavy atom. The molecule has 0 saturated carbocycles. The van der Waals surface area contributed by atoms with E-state index in [1.807, 2.05) is 0 Å². The highest BCUT2D eigenvalue weighted by atomic mass is 15.1. The summed E-state index contributed by atoms with van der Waals surface area (Å²) in [6, 6.07) is 56.7. The van der Waals surface area contributed by atoms with Gasteiger partial charge < -0.3 is 4.90 Å². The van der Waals surface area contributed by atoms with Crippen molar-refractivity contribution in [2.75, 3.05) is 4.90 Å². The molecular weight excluding hydrogens is 530 g/mol. The Labute approximate surface area is 261 Å². The first-order valence-corrected chi connectivity index (χ1v) is 15.4. The van der Waals surface area contributed by atoms with Crippen molar-refractivity contribution < 1.29 is 0 Å². The van der Waals surface area contributed by atoms with Crippen molar-refractivity contribution in [3.63, 3.8) is 0 Å². The Hall–Kier alpha value is -5.40. The van der Waals surface area contributed by atoms with E-state index in [4.69, 9.17) is 0 Å². The molecule has 6 aromatic rings. The number of benzene rings is 6. The molecule has 0 bridgehead atoms. The molecule has 0 amide bonds. The third-order valence-corrected chi connectivity index (χ3v) is 8.39. The molecule has 0 saturated heterocycles. The zero-order valence-electron chi connectivity index (χ0n) is 25.0. The molecule has 1 unspecified atom stereocenters. The molecule has 1 heteroatoms. The summed E-state index contributed by atoms with van der Waals surface area (Å²) in [7, 11) is 0. The van der Waals surface area contributed by atoms with Gasteiger partial charge in [-0.3, -0.25) is 0 Å². The smallest absolute Gasteiger partial charge is 0.0468 e. The zero-order chi connectivity index (χ0) is 29.7. The standard InChI is InChI=1S/C43H35N/c1-32-12-11-19-38(30-32)35-22-26-40(27-23-35)44(39-24-20-34(21-25-39)33-13-5-2-6-14-33)41-28-29-42(36-15-7-3-8-16-36)43(31-41)37-17-9-4-10-18-37/h2-11,13-32H,12H2,1H3. The molecule has 1 nitrogen and oxygen atoms in total. The van der Waals surface area contributed by atoms with E-state index >= 15 is 0 Å². The maximum absolute atomic E-state index is 2.38. The van der Waals surface area contributed by atoms with Gasteiger partial charge in [0, 0.05) is 17.1 Å². The maximum Gasteiger partial charge on any atom is 0.0468 e. The van der Waals surface area contributed by atoms with Crippen LogP contribution in [0.25, 0.3) is 39.0 Å². The van der Waals surface area contributed by atoms with E-state index in [9.17, 15) is 0 Å². The van der Waals surface area contributed by atoms with Crippen LogP contribution in [0.5, 0.6) is 0 Å². The summed E-state index contributed by atoms with van der Waals surface area (Å²) < 4.78 is 0. The lowest BCUT2D eigenvalue weighted by molar-refractivity contribution is 0.740. The summed E-state index contributed by atoms with van der Waals surface area (Å²) in [5, 5.41) is 0. The fraction of sp³-hybridized carbons (Fsp3) is 0.0698. The predicted molar refractivity (Wildman–Crippen MR) is 188 cm³/mol. The molecule has 1 atom stereocenters. The lowest BCUT2D eigenvalue weighted by Gasteiger charge is -2.27.